The van der Waals surface area contributed by atoms with E-state index < -0.39 is 0 Å². The van der Waals surface area contributed by atoms with E-state index in [0.29, 0.717) is 28.5 Å². The van der Waals surface area contributed by atoms with E-state index >= 15 is 0 Å². The van der Waals surface area contributed by atoms with Gasteiger partial charge in [-0.05, 0) is 39.2 Å². The number of hydrogen-bond donors (Lipinski definition) is 0. The number of carbonyl (C=O) groups is 2. The van der Waals surface area contributed by atoms with Crippen LogP contribution in [0.2, 0.25) is 10.0 Å². The standard InChI is InChI=1S/C17H17Cl2NO3/c1-9(2)23-15-8-14(12(18)7-13(15)19)20-16(21)10-4-3-5-11(6-10)17(20)22/h6-10H,3-5H2,1-2H3. The van der Waals surface area contributed by atoms with Gasteiger partial charge in [-0.1, -0.05) is 29.3 Å². The molecule has 4 nitrogen and oxygen atoms in total. The van der Waals surface area contributed by atoms with Gasteiger partial charge >= 0.3 is 0 Å². The van der Waals surface area contributed by atoms with E-state index in [1.54, 1.807) is 12.1 Å². The minimum absolute atomic E-state index is 0.0867. The number of amides is 2. The fourth-order valence-corrected chi connectivity index (χ4v) is 3.48. The van der Waals surface area contributed by atoms with E-state index in [9.17, 15) is 9.59 Å². The third kappa shape index (κ3) is 2.98. The van der Waals surface area contributed by atoms with Gasteiger partial charge in [-0.2, -0.15) is 0 Å². The summed E-state index contributed by atoms with van der Waals surface area (Å²) in [7, 11) is 0. The van der Waals surface area contributed by atoms with Crippen LogP contribution in [-0.4, -0.2) is 17.9 Å². The normalized spacial score (nSPS) is 20.8. The number of imide groups is 1. The maximum atomic E-state index is 12.6. The quantitative estimate of drug-likeness (QED) is 0.757. The second-order valence-corrected chi connectivity index (χ2v) is 6.88. The molecule has 1 aliphatic carbocycles. The topological polar surface area (TPSA) is 46.6 Å². The second-order valence-electron chi connectivity index (χ2n) is 6.07. The fraction of sp³-hybridized carbons (Fsp3) is 0.412. The first kappa shape index (κ1) is 16.3. The number of anilines is 1. The Hall–Kier alpha value is -1.52. The Morgan fingerprint density at radius 3 is 2.65 bits per heavy atom. The minimum atomic E-state index is -0.300. The number of fused-ring (bicyclic) bond motifs is 1. The van der Waals surface area contributed by atoms with Crippen molar-refractivity contribution in [1.82, 2.24) is 0 Å². The van der Waals surface area contributed by atoms with Crippen LogP contribution in [0.4, 0.5) is 5.69 Å². The smallest absolute Gasteiger partial charge is 0.260 e. The molecule has 23 heavy (non-hydrogen) atoms. The molecule has 0 spiro atoms. The van der Waals surface area contributed by atoms with Crippen LogP contribution in [0.25, 0.3) is 0 Å². The van der Waals surface area contributed by atoms with E-state index in [2.05, 4.69) is 0 Å². The maximum Gasteiger partial charge on any atom is 0.260 e. The molecule has 0 N–H and O–H groups in total. The zero-order chi connectivity index (χ0) is 16.7. The van der Waals surface area contributed by atoms with Crippen LogP contribution in [-0.2, 0) is 9.59 Å². The van der Waals surface area contributed by atoms with Crippen LogP contribution in [0, 0.1) is 5.92 Å². The summed E-state index contributed by atoms with van der Waals surface area (Å²) in [5, 5.41) is 0.608. The Morgan fingerprint density at radius 2 is 1.96 bits per heavy atom. The number of hydrogen-bond acceptors (Lipinski definition) is 3. The molecule has 1 aromatic carbocycles. The third-order valence-corrected chi connectivity index (χ3v) is 4.58. The summed E-state index contributed by atoms with van der Waals surface area (Å²) >= 11 is 12.4. The number of ether oxygens (including phenoxy) is 1. The molecular weight excluding hydrogens is 337 g/mol. The van der Waals surface area contributed by atoms with Gasteiger partial charge in [-0.25, -0.2) is 4.90 Å². The first-order valence-electron chi connectivity index (χ1n) is 7.63. The Kier molecular flexibility index (Phi) is 4.39. The molecule has 0 radical (unpaired) electrons. The highest BCUT2D eigenvalue weighted by Crippen LogP contribution is 2.40. The van der Waals surface area contributed by atoms with Gasteiger partial charge in [-0.3, -0.25) is 9.59 Å². The van der Waals surface area contributed by atoms with Gasteiger partial charge in [0.15, 0.2) is 0 Å². The lowest BCUT2D eigenvalue weighted by Gasteiger charge is -2.33. The molecule has 0 saturated heterocycles. The summed E-state index contributed by atoms with van der Waals surface area (Å²) in [6.45, 7) is 3.74. The monoisotopic (exact) mass is 353 g/mol. The molecule has 1 aliphatic heterocycles. The zero-order valence-corrected chi connectivity index (χ0v) is 14.4. The SMILES string of the molecule is CC(C)Oc1cc(N2C(=O)C3=CC(CCC3)C2=O)c(Cl)cc1Cl. The van der Waals surface area contributed by atoms with E-state index in [-0.39, 0.29) is 28.9 Å². The van der Waals surface area contributed by atoms with Gasteiger partial charge in [0.05, 0.1) is 27.8 Å². The van der Waals surface area contributed by atoms with Crippen molar-refractivity contribution in [3.8, 4) is 5.75 Å². The lowest BCUT2D eigenvalue weighted by molar-refractivity contribution is -0.128. The van der Waals surface area contributed by atoms with Crippen molar-refractivity contribution < 1.29 is 14.3 Å². The van der Waals surface area contributed by atoms with Crippen LogP contribution in [0.1, 0.15) is 33.1 Å². The average Bonchev–Trinajstić information content (AvgIpc) is 2.50. The summed E-state index contributed by atoms with van der Waals surface area (Å²) in [4.78, 5) is 26.4. The van der Waals surface area contributed by atoms with Crippen molar-refractivity contribution >= 4 is 40.7 Å². The Balaban J connectivity index is 2.05. The molecule has 2 aliphatic rings. The highest BCUT2D eigenvalue weighted by Gasteiger charge is 2.39. The van der Waals surface area contributed by atoms with Crippen molar-refractivity contribution in [2.45, 2.75) is 39.2 Å². The Labute approximate surface area is 145 Å². The van der Waals surface area contributed by atoms with Crippen LogP contribution in [0.15, 0.2) is 23.8 Å². The summed E-state index contributed by atoms with van der Waals surface area (Å²) in [6, 6.07) is 3.08. The van der Waals surface area contributed by atoms with Crippen molar-refractivity contribution in [2.75, 3.05) is 4.90 Å². The van der Waals surface area contributed by atoms with Gasteiger partial charge in [-0.15, -0.1) is 0 Å². The molecule has 1 atom stereocenters. The summed E-state index contributed by atoms with van der Waals surface area (Å²) < 4.78 is 5.64. The van der Waals surface area contributed by atoms with Gasteiger partial charge in [0.25, 0.3) is 5.91 Å². The number of carbonyl (C=O) groups excluding carboxylic acids is 2. The van der Waals surface area contributed by atoms with Crippen LogP contribution in [0.3, 0.4) is 0 Å². The predicted octanol–water partition coefficient (Wildman–Crippen LogP) is 4.38. The molecule has 0 fully saturated rings. The summed E-state index contributed by atoms with van der Waals surface area (Å²) in [5.74, 6) is -0.382. The Morgan fingerprint density at radius 1 is 1.22 bits per heavy atom. The van der Waals surface area contributed by atoms with Crippen molar-refractivity contribution in [1.29, 1.82) is 0 Å². The minimum Gasteiger partial charge on any atom is -0.489 e. The van der Waals surface area contributed by atoms with Crippen molar-refractivity contribution in [3.05, 3.63) is 33.8 Å². The number of benzene rings is 1. The lowest BCUT2D eigenvalue weighted by Crippen LogP contribution is -2.46. The average molecular weight is 354 g/mol. The number of nitrogens with zero attached hydrogens (tertiary/aromatic N) is 1. The molecule has 122 valence electrons. The van der Waals surface area contributed by atoms with Crippen molar-refractivity contribution in [3.63, 3.8) is 0 Å². The van der Waals surface area contributed by atoms with Crippen LogP contribution < -0.4 is 9.64 Å². The molecule has 3 rings (SSSR count). The van der Waals surface area contributed by atoms with Gasteiger partial charge in [0.1, 0.15) is 5.75 Å². The first-order valence-corrected chi connectivity index (χ1v) is 8.38. The zero-order valence-electron chi connectivity index (χ0n) is 12.9. The highest BCUT2D eigenvalue weighted by molar-refractivity contribution is 6.39. The van der Waals surface area contributed by atoms with Gasteiger partial charge in [0.2, 0.25) is 5.91 Å². The third-order valence-electron chi connectivity index (χ3n) is 3.98. The molecule has 2 amide bonds. The van der Waals surface area contributed by atoms with Gasteiger partial charge in [0, 0.05) is 11.6 Å². The van der Waals surface area contributed by atoms with E-state index in [4.69, 9.17) is 27.9 Å². The first-order chi connectivity index (χ1) is 10.9. The lowest BCUT2D eigenvalue weighted by atomic mass is 9.85. The van der Waals surface area contributed by atoms with E-state index in [1.165, 1.54) is 11.0 Å². The molecule has 1 unspecified atom stereocenters. The molecule has 0 saturated carbocycles. The number of halogens is 2. The van der Waals surface area contributed by atoms with Crippen molar-refractivity contribution in [2.24, 2.45) is 5.92 Å². The van der Waals surface area contributed by atoms with Crippen LogP contribution >= 0.6 is 23.2 Å². The fourth-order valence-electron chi connectivity index (χ4n) is 2.97. The largest absolute Gasteiger partial charge is 0.489 e. The second kappa shape index (κ2) is 6.17. The van der Waals surface area contributed by atoms with E-state index in [1.807, 2.05) is 13.8 Å². The predicted molar refractivity (Wildman–Crippen MR) is 90.1 cm³/mol. The van der Waals surface area contributed by atoms with Gasteiger partial charge < -0.3 is 4.74 Å². The Bertz CT molecular complexity index is 712. The summed E-state index contributed by atoms with van der Waals surface area (Å²) in [5.41, 5.74) is 1.01. The molecular formula is C17H17Cl2NO3. The number of rotatable bonds is 3. The molecule has 2 bridgehead atoms. The van der Waals surface area contributed by atoms with E-state index in [0.717, 1.165) is 12.8 Å². The van der Waals surface area contributed by atoms with Crippen LogP contribution in [0.5, 0.6) is 5.75 Å². The maximum absolute atomic E-state index is 12.6. The molecule has 1 heterocycles. The molecule has 0 aromatic heterocycles. The summed E-state index contributed by atoms with van der Waals surface area (Å²) in [6.07, 6.45) is 4.01. The highest BCUT2D eigenvalue weighted by atomic mass is 35.5. The molecule has 6 heteroatoms. The molecule has 1 aromatic rings.